The van der Waals surface area contributed by atoms with Crippen LogP contribution in [0, 0.1) is 19.8 Å². The average Bonchev–Trinajstić information content (AvgIpc) is 2.79. The minimum atomic E-state index is -3.75. The second kappa shape index (κ2) is 10.3. The number of Topliss-reactive ketones (excluding diaryl/α,β-unsaturated/α-hetero) is 1. The van der Waals surface area contributed by atoms with Gasteiger partial charge in [0, 0.05) is 24.3 Å². The number of ether oxygens (including phenoxy) is 1. The number of hydrogen-bond acceptors (Lipinski definition) is 6. The first kappa shape index (κ1) is 23.9. The summed E-state index contributed by atoms with van der Waals surface area (Å²) in [7, 11) is -3.75. The van der Waals surface area contributed by atoms with Crippen molar-refractivity contribution in [1.29, 1.82) is 0 Å². The van der Waals surface area contributed by atoms with E-state index >= 15 is 0 Å². The molecule has 1 aliphatic heterocycles. The normalized spacial score (nSPS) is 15.3. The lowest BCUT2D eigenvalue weighted by molar-refractivity contribution is -0.149. The quantitative estimate of drug-likeness (QED) is 0.480. The zero-order valence-electron chi connectivity index (χ0n) is 18.8. The van der Waals surface area contributed by atoms with Gasteiger partial charge in [0.1, 0.15) is 0 Å². The molecule has 0 spiro atoms. The van der Waals surface area contributed by atoms with E-state index in [1.807, 2.05) is 32.0 Å². The number of nitrogens with zero attached hydrogens (tertiary/aromatic N) is 1. The predicted molar refractivity (Wildman–Crippen MR) is 123 cm³/mol. The van der Waals surface area contributed by atoms with E-state index in [1.54, 1.807) is 19.1 Å². The SMILES string of the molecule is CCOC(=O)C1CCN(S(=O)(=O)c2cccc(C(=O)CNc3cc(C)ccc3C)c2)CC1. The maximum absolute atomic E-state index is 13.1. The van der Waals surface area contributed by atoms with Crippen LogP contribution >= 0.6 is 0 Å². The molecule has 1 saturated heterocycles. The van der Waals surface area contributed by atoms with Gasteiger partial charge in [0.25, 0.3) is 0 Å². The highest BCUT2D eigenvalue weighted by Gasteiger charge is 2.33. The Morgan fingerprint density at radius 2 is 1.81 bits per heavy atom. The summed E-state index contributed by atoms with van der Waals surface area (Å²) in [6.07, 6.45) is 0.854. The van der Waals surface area contributed by atoms with Crippen molar-refractivity contribution >= 4 is 27.5 Å². The highest BCUT2D eigenvalue weighted by Crippen LogP contribution is 2.25. The van der Waals surface area contributed by atoms with E-state index in [9.17, 15) is 18.0 Å². The molecule has 0 atom stereocenters. The second-order valence-electron chi connectivity index (χ2n) is 8.05. The number of carbonyl (C=O) groups is 2. The molecule has 0 unspecified atom stereocenters. The summed E-state index contributed by atoms with van der Waals surface area (Å²) in [4.78, 5) is 24.7. The highest BCUT2D eigenvalue weighted by molar-refractivity contribution is 7.89. The molecule has 3 rings (SSSR count). The first-order valence-electron chi connectivity index (χ1n) is 10.8. The van der Waals surface area contributed by atoms with Crippen LogP contribution in [0.1, 0.15) is 41.3 Å². The van der Waals surface area contributed by atoms with Crippen molar-refractivity contribution in [2.75, 3.05) is 31.6 Å². The van der Waals surface area contributed by atoms with E-state index in [0.717, 1.165) is 16.8 Å². The van der Waals surface area contributed by atoms with Gasteiger partial charge in [0.2, 0.25) is 10.0 Å². The lowest BCUT2D eigenvalue weighted by atomic mass is 9.98. The summed E-state index contributed by atoms with van der Waals surface area (Å²) < 4.78 is 32.6. The number of ketones is 1. The average molecular weight is 459 g/mol. The van der Waals surface area contributed by atoms with Crippen molar-refractivity contribution in [1.82, 2.24) is 4.31 Å². The van der Waals surface area contributed by atoms with Gasteiger partial charge in [0.15, 0.2) is 5.78 Å². The Morgan fingerprint density at radius 1 is 1.09 bits per heavy atom. The molecule has 0 aliphatic carbocycles. The van der Waals surface area contributed by atoms with Crippen molar-refractivity contribution < 1.29 is 22.7 Å². The summed E-state index contributed by atoms with van der Waals surface area (Å²) in [5.74, 6) is -0.733. The minimum absolute atomic E-state index is 0.0682. The molecule has 0 bridgehead atoms. The molecule has 2 aromatic rings. The topological polar surface area (TPSA) is 92.8 Å². The number of benzene rings is 2. The van der Waals surface area contributed by atoms with Crippen LogP contribution in [0.2, 0.25) is 0 Å². The number of carbonyl (C=O) groups excluding carboxylic acids is 2. The van der Waals surface area contributed by atoms with Gasteiger partial charge in [-0.1, -0.05) is 24.3 Å². The Morgan fingerprint density at radius 3 is 2.50 bits per heavy atom. The summed E-state index contributed by atoms with van der Waals surface area (Å²) in [6, 6.07) is 12.1. The molecule has 8 heteroatoms. The molecule has 2 aromatic carbocycles. The molecule has 32 heavy (non-hydrogen) atoms. The molecule has 1 fully saturated rings. The maximum atomic E-state index is 13.1. The number of sulfonamides is 1. The van der Waals surface area contributed by atoms with Crippen molar-refractivity contribution in [3.63, 3.8) is 0 Å². The third-order valence-corrected chi connectivity index (χ3v) is 7.59. The lowest BCUT2D eigenvalue weighted by Crippen LogP contribution is -2.40. The van der Waals surface area contributed by atoms with E-state index in [1.165, 1.54) is 16.4 Å². The van der Waals surface area contributed by atoms with Crippen molar-refractivity contribution in [3.05, 3.63) is 59.2 Å². The van der Waals surface area contributed by atoms with Crippen molar-refractivity contribution in [3.8, 4) is 0 Å². The highest BCUT2D eigenvalue weighted by atomic mass is 32.2. The number of piperidine rings is 1. The Labute approximate surface area is 189 Å². The molecule has 172 valence electrons. The zero-order valence-corrected chi connectivity index (χ0v) is 19.6. The summed E-state index contributed by atoms with van der Waals surface area (Å²) in [6.45, 7) is 6.58. The number of aryl methyl sites for hydroxylation is 2. The molecule has 1 heterocycles. The third-order valence-electron chi connectivity index (χ3n) is 5.70. The van der Waals surface area contributed by atoms with Crippen LogP contribution in [-0.4, -0.2) is 50.7 Å². The first-order chi connectivity index (χ1) is 15.2. The summed E-state index contributed by atoms with van der Waals surface area (Å²) in [5.41, 5.74) is 3.34. The smallest absolute Gasteiger partial charge is 0.309 e. The number of rotatable bonds is 8. The number of hydrogen-bond donors (Lipinski definition) is 1. The van der Waals surface area contributed by atoms with Crippen LogP contribution in [0.15, 0.2) is 47.4 Å². The largest absolute Gasteiger partial charge is 0.466 e. The Bertz CT molecular complexity index is 1090. The van der Waals surface area contributed by atoms with Crippen LogP contribution in [0.4, 0.5) is 5.69 Å². The first-order valence-corrected chi connectivity index (χ1v) is 12.3. The monoisotopic (exact) mass is 458 g/mol. The molecule has 1 N–H and O–H groups in total. The van der Waals surface area contributed by atoms with Gasteiger partial charge in [-0.2, -0.15) is 4.31 Å². The van der Waals surface area contributed by atoms with Gasteiger partial charge < -0.3 is 10.1 Å². The zero-order chi connectivity index (χ0) is 23.3. The van der Waals surface area contributed by atoms with Crippen LogP contribution in [0.5, 0.6) is 0 Å². The Kier molecular flexibility index (Phi) is 7.69. The van der Waals surface area contributed by atoms with Gasteiger partial charge in [-0.3, -0.25) is 9.59 Å². The number of esters is 1. The van der Waals surface area contributed by atoms with Crippen LogP contribution < -0.4 is 5.32 Å². The predicted octanol–water partition coefficient (Wildman–Crippen LogP) is 3.56. The number of nitrogens with one attached hydrogen (secondary N) is 1. The Balaban J connectivity index is 1.67. The fourth-order valence-electron chi connectivity index (χ4n) is 3.77. The maximum Gasteiger partial charge on any atom is 0.309 e. The molecular weight excluding hydrogens is 428 g/mol. The molecule has 0 aromatic heterocycles. The van der Waals surface area contributed by atoms with Gasteiger partial charge >= 0.3 is 5.97 Å². The molecule has 7 nitrogen and oxygen atoms in total. The molecule has 0 radical (unpaired) electrons. The van der Waals surface area contributed by atoms with E-state index in [2.05, 4.69) is 5.32 Å². The Hall–Kier alpha value is -2.71. The minimum Gasteiger partial charge on any atom is -0.466 e. The summed E-state index contributed by atoms with van der Waals surface area (Å²) >= 11 is 0. The van der Waals surface area contributed by atoms with E-state index in [-0.39, 0.29) is 42.2 Å². The summed E-state index contributed by atoms with van der Waals surface area (Å²) in [5, 5.41) is 3.15. The van der Waals surface area contributed by atoms with Gasteiger partial charge in [-0.15, -0.1) is 0 Å². The fourth-order valence-corrected chi connectivity index (χ4v) is 5.29. The van der Waals surface area contributed by atoms with E-state index in [0.29, 0.717) is 25.0 Å². The molecule has 0 amide bonds. The fraction of sp³-hybridized carbons (Fsp3) is 0.417. The van der Waals surface area contributed by atoms with Crippen LogP contribution in [0.25, 0.3) is 0 Å². The van der Waals surface area contributed by atoms with Crippen molar-refractivity contribution in [2.45, 2.75) is 38.5 Å². The van der Waals surface area contributed by atoms with Gasteiger partial charge in [-0.05, 0) is 62.9 Å². The standard InChI is InChI=1S/C24H30N2O5S/c1-4-31-24(28)19-10-12-26(13-11-19)32(29,30)21-7-5-6-20(15-21)23(27)16-25-22-14-17(2)8-9-18(22)3/h5-9,14-15,19,25H,4,10-13,16H2,1-3H3. The number of anilines is 1. The third kappa shape index (κ3) is 5.55. The molecule has 0 saturated carbocycles. The van der Waals surface area contributed by atoms with Gasteiger partial charge in [-0.25, -0.2) is 8.42 Å². The van der Waals surface area contributed by atoms with Crippen molar-refractivity contribution in [2.24, 2.45) is 5.92 Å². The van der Waals surface area contributed by atoms with E-state index < -0.39 is 10.0 Å². The molecule has 1 aliphatic rings. The lowest BCUT2D eigenvalue weighted by Gasteiger charge is -2.30. The van der Waals surface area contributed by atoms with E-state index in [4.69, 9.17) is 4.74 Å². The van der Waals surface area contributed by atoms with Gasteiger partial charge in [0.05, 0.1) is 24.0 Å². The second-order valence-corrected chi connectivity index (χ2v) is 9.99. The van der Waals surface area contributed by atoms with Crippen LogP contribution in [0.3, 0.4) is 0 Å². The van der Waals surface area contributed by atoms with Crippen LogP contribution in [-0.2, 0) is 19.6 Å². The molecular formula is C24H30N2O5S.